The number of ether oxygens (including phenoxy) is 1. The SMILES string of the molecule is CC(C)CCOC1CCN(CCC(=O)O)CC1. The summed E-state index contributed by atoms with van der Waals surface area (Å²) >= 11 is 0. The molecule has 0 saturated carbocycles. The number of nitrogens with zero attached hydrogens (tertiary/aromatic N) is 1. The normalized spacial score (nSPS) is 18.8. The van der Waals surface area contributed by atoms with E-state index in [1.807, 2.05) is 0 Å². The van der Waals surface area contributed by atoms with Crippen LogP contribution in [0.3, 0.4) is 0 Å². The van der Waals surface area contributed by atoms with Crippen LogP contribution in [0.1, 0.15) is 39.5 Å². The molecular weight excluding hydrogens is 218 g/mol. The summed E-state index contributed by atoms with van der Waals surface area (Å²) in [7, 11) is 0. The van der Waals surface area contributed by atoms with E-state index in [1.165, 1.54) is 0 Å². The quantitative estimate of drug-likeness (QED) is 0.743. The lowest BCUT2D eigenvalue weighted by Gasteiger charge is -2.31. The summed E-state index contributed by atoms with van der Waals surface area (Å²) in [6, 6.07) is 0. The molecule has 1 aliphatic rings. The minimum atomic E-state index is -0.708. The average Bonchev–Trinajstić information content (AvgIpc) is 2.27. The zero-order chi connectivity index (χ0) is 12.7. The first-order valence-corrected chi connectivity index (χ1v) is 6.63. The zero-order valence-electron chi connectivity index (χ0n) is 11.0. The lowest BCUT2D eigenvalue weighted by Crippen LogP contribution is -2.38. The van der Waals surface area contributed by atoms with Crippen LogP contribution in [0.2, 0.25) is 0 Å². The van der Waals surface area contributed by atoms with Gasteiger partial charge in [-0.1, -0.05) is 13.8 Å². The van der Waals surface area contributed by atoms with Gasteiger partial charge in [-0.2, -0.15) is 0 Å². The highest BCUT2D eigenvalue weighted by molar-refractivity contribution is 5.66. The van der Waals surface area contributed by atoms with Gasteiger partial charge in [-0.15, -0.1) is 0 Å². The number of carboxylic acids is 1. The summed E-state index contributed by atoms with van der Waals surface area (Å²) in [5.41, 5.74) is 0. The molecule has 0 aromatic rings. The number of aliphatic carboxylic acids is 1. The smallest absolute Gasteiger partial charge is 0.304 e. The highest BCUT2D eigenvalue weighted by atomic mass is 16.5. The van der Waals surface area contributed by atoms with Crippen LogP contribution in [0, 0.1) is 5.92 Å². The first kappa shape index (κ1) is 14.5. The fourth-order valence-corrected chi connectivity index (χ4v) is 2.02. The van der Waals surface area contributed by atoms with Gasteiger partial charge in [0, 0.05) is 26.2 Å². The maximum Gasteiger partial charge on any atom is 0.304 e. The summed E-state index contributed by atoms with van der Waals surface area (Å²) in [6.07, 6.45) is 3.84. The molecule has 17 heavy (non-hydrogen) atoms. The average molecular weight is 243 g/mol. The van der Waals surface area contributed by atoms with Crippen LogP contribution in [0.5, 0.6) is 0 Å². The van der Waals surface area contributed by atoms with Crippen molar-refractivity contribution < 1.29 is 14.6 Å². The molecule has 1 fully saturated rings. The number of hydrogen-bond acceptors (Lipinski definition) is 3. The fraction of sp³-hybridized carbons (Fsp3) is 0.923. The van der Waals surface area contributed by atoms with Gasteiger partial charge in [-0.05, 0) is 25.2 Å². The van der Waals surface area contributed by atoms with E-state index in [0.717, 1.165) is 39.0 Å². The Hall–Kier alpha value is -0.610. The Morgan fingerprint density at radius 3 is 2.59 bits per heavy atom. The van der Waals surface area contributed by atoms with Gasteiger partial charge < -0.3 is 14.7 Å². The van der Waals surface area contributed by atoms with Crippen molar-refractivity contribution >= 4 is 5.97 Å². The highest BCUT2D eigenvalue weighted by Crippen LogP contribution is 2.14. The molecule has 0 aromatic carbocycles. The third-order valence-corrected chi connectivity index (χ3v) is 3.23. The van der Waals surface area contributed by atoms with Crippen molar-refractivity contribution in [1.29, 1.82) is 0 Å². The van der Waals surface area contributed by atoms with Crippen molar-refractivity contribution in [2.75, 3.05) is 26.2 Å². The van der Waals surface area contributed by atoms with Gasteiger partial charge in [0.25, 0.3) is 0 Å². The predicted molar refractivity (Wildman–Crippen MR) is 67.1 cm³/mol. The van der Waals surface area contributed by atoms with E-state index in [0.29, 0.717) is 18.6 Å². The standard InChI is InChI=1S/C13H25NO3/c1-11(2)6-10-17-12-3-7-14(8-4-12)9-5-13(15)16/h11-12H,3-10H2,1-2H3,(H,15,16). The molecule has 0 radical (unpaired) electrons. The highest BCUT2D eigenvalue weighted by Gasteiger charge is 2.19. The summed E-state index contributed by atoms with van der Waals surface area (Å²) in [5.74, 6) is -0.00837. The van der Waals surface area contributed by atoms with Crippen molar-refractivity contribution in [3.8, 4) is 0 Å². The Morgan fingerprint density at radius 2 is 2.06 bits per heavy atom. The van der Waals surface area contributed by atoms with E-state index >= 15 is 0 Å². The van der Waals surface area contributed by atoms with Gasteiger partial charge >= 0.3 is 5.97 Å². The molecular formula is C13H25NO3. The largest absolute Gasteiger partial charge is 0.481 e. The molecule has 0 atom stereocenters. The number of hydrogen-bond donors (Lipinski definition) is 1. The van der Waals surface area contributed by atoms with Crippen LogP contribution < -0.4 is 0 Å². The number of rotatable bonds is 7. The molecule has 4 nitrogen and oxygen atoms in total. The van der Waals surface area contributed by atoms with Crippen LogP contribution in [-0.2, 0) is 9.53 Å². The Labute approximate surface area is 104 Å². The fourth-order valence-electron chi connectivity index (χ4n) is 2.02. The molecule has 1 N–H and O–H groups in total. The van der Waals surface area contributed by atoms with E-state index in [-0.39, 0.29) is 6.42 Å². The maximum absolute atomic E-state index is 10.5. The molecule has 0 aliphatic carbocycles. The molecule has 4 heteroatoms. The summed E-state index contributed by atoms with van der Waals surface area (Å²) in [4.78, 5) is 12.7. The lowest BCUT2D eigenvalue weighted by atomic mass is 10.1. The number of piperidine rings is 1. The van der Waals surface area contributed by atoms with Crippen molar-refractivity contribution in [3.05, 3.63) is 0 Å². The van der Waals surface area contributed by atoms with Crippen molar-refractivity contribution in [2.24, 2.45) is 5.92 Å². The molecule has 1 saturated heterocycles. The number of carbonyl (C=O) groups is 1. The Bertz CT molecular complexity index is 223. The first-order chi connectivity index (χ1) is 8.08. The van der Waals surface area contributed by atoms with E-state index in [2.05, 4.69) is 18.7 Å². The maximum atomic E-state index is 10.5. The second-order valence-corrected chi connectivity index (χ2v) is 5.24. The van der Waals surface area contributed by atoms with Gasteiger partial charge in [-0.25, -0.2) is 0 Å². The molecule has 1 heterocycles. The van der Waals surface area contributed by atoms with Crippen LogP contribution in [0.15, 0.2) is 0 Å². The summed E-state index contributed by atoms with van der Waals surface area (Å²) < 4.78 is 5.82. The third-order valence-electron chi connectivity index (χ3n) is 3.23. The topological polar surface area (TPSA) is 49.8 Å². The Balaban J connectivity index is 2.07. The second-order valence-electron chi connectivity index (χ2n) is 5.24. The zero-order valence-corrected chi connectivity index (χ0v) is 11.0. The second kappa shape index (κ2) is 7.67. The van der Waals surface area contributed by atoms with E-state index in [9.17, 15) is 4.79 Å². The minimum absolute atomic E-state index is 0.249. The Morgan fingerprint density at radius 1 is 1.41 bits per heavy atom. The van der Waals surface area contributed by atoms with E-state index < -0.39 is 5.97 Å². The molecule has 0 spiro atoms. The summed E-state index contributed by atoms with van der Waals surface area (Å²) in [6.45, 7) is 7.89. The molecule has 0 unspecified atom stereocenters. The predicted octanol–water partition coefficient (Wildman–Crippen LogP) is 1.99. The molecule has 0 bridgehead atoms. The minimum Gasteiger partial charge on any atom is -0.481 e. The molecule has 100 valence electrons. The molecule has 0 amide bonds. The Kier molecular flexibility index (Phi) is 6.52. The van der Waals surface area contributed by atoms with Gasteiger partial charge in [0.2, 0.25) is 0 Å². The van der Waals surface area contributed by atoms with Crippen LogP contribution >= 0.6 is 0 Å². The van der Waals surface area contributed by atoms with Gasteiger partial charge in [0.15, 0.2) is 0 Å². The van der Waals surface area contributed by atoms with Crippen molar-refractivity contribution in [3.63, 3.8) is 0 Å². The first-order valence-electron chi connectivity index (χ1n) is 6.63. The van der Waals surface area contributed by atoms with Gasteiger partial charge in [0.05, 0.1) is 12.5 Å². The van der Waals surface area contributed by atoms with Gasteiger partial charge in [-0.3, -0.25) is 4.79 Å². The molecule has 1 rings (SSSR count). The van der Waals surface area contributed by atoms with Crippen LogP contribution in [-0.4, -0.2) is 48.3 Å². The summed E-state index contributed by atoms with van der Waals surface area (Å²) in [5, 5.41) is 8.61. The van der Waals surface area contributed by atoms with E-state index in [1.54, 1.807) is 0 Å². The third kappa shape index (κ3) is 6.64. The molecule has 0 aromatic heterocycles. The number of likely N-dealkylation sites (tertiary alicyclic amines) is 1. The van der Waals surface area contributed by atoms with Crippen molar-refractivity contribution in [2.45, 2.75) is 45.6 Å². The van der Waals surface area contributed by atoms with Crippen LogP contribution in [0.4, 0.5) is 0 Å². The van der Waals surface area contributed by atoms with E-state index in [4.69, 9.17) is 9.84 Å². The number of carboxylic acid groups (broad SMARTS) is 1. The lowest BCUT2D eigenvalue weighted by molar-refractivity contribution is -0.137. The van der Waals surface area contributed by atoms with Crippen LogP contribution in [0.25, 0.3) is 0 Å². The monoisotopic (exact) mass is 243 g/mol. The van der Waals surface area contributed by atoms with Gasteiger partial charge in [0.1, 0.15) is 0 Å². The van der Waals surface area contributed by atoms with Crippen molar-refractivity contribution in [1.82, 2.24) is 4.90 Å². The molecule has 1 aliphatic heterocycles.